The van der Waals surface area contributed by atoms with Crippen molar-refractivity contribution in [2.24, 2.45) is 11.8 Å². The van der Waals surface area contributed by atoms with Crippen LogP contribution in [-0.2, 0) is 0 Å². The standard InChI is InChI=1S/C15H24N2/c1-11-6-8-13(9-7-11)15(16-3)14-12(2)5-4-10-17-14/h4-5,10-11,13,15-16H,6-9H2,1-3H3. The maximum Gasteiger partial charge on any atom is 0.0604 e. The van der Waals surface area contributed by atoms with E-state index in [0.717, 1.165) is 11.8 Å². The second kappa shape index (κ2) is 5.63. The van der Waals surface area contributed by atoms with Gasteiger partial charge in [-0.2, -0.15) is 0 Å². The van der Waals surface area contributed by atoms with Gasteiger partial charge < -0.3 is 5.32 Å². The lowest BCUT2D eigenvalue weighted by molar-refractivity contribution is 0.235. The molecule has 0 aliphatic heterocycles. The summed E-state index contributed by atoms with van der Waals surface area (Å²) >= 11 is 0. The van der Waals surface area contributed by atoms with Crippen molar-refractivity contribution in [3.8, 4) is 0 Å². The zero-order chi connectivity index (χ0) is 12.3. The Bertz CT molecular complexity index is 354. The first kappa shape index (κ1) is 12.6. The van der Waals surface area contributed by atoms with Gasteiger partial charge in [-0.15, -0.1) is 0 Å². The lowest BCUT2D eigenvalue weighted by Crippen LogP contribution is -2.29. The normalized spacial score (nSPS) is 26.8. The van der Waals surface area contributed by atoms with Gasteiger partial charge in [0.1, 0.15) is 0 Å². The monoisotopic (exact) mass is 232 g/mol. The quantitative estimate of drug-likeness (QED) is 0.863. The van der Waals surface area contributed by atoms with E-state index < -0.39 is 0 Å². The molecule has 1 saturated carbocycles. The summed E-state index contributed by atoms with van der Waals surface area (Å²) in [6, 6.07) is 4.62. The average molecular weight is 232 g/mol. The molecule has 1 N–H and O–H groups in total. The minimum atomic E-state index is 0.434. The predicted molar refractivity (Wildman–Crippen MR) is 71.9 cm³/mol. The van der Waals surface area contributed by atoms with Crippen molar-refractivity contribution in [3.63, 3.8) is 0 Å². The lowest BCUT2D eigenvalue weighted by Gasteiger charge is -2.32. The van der Waals surface area contributed by atoms with Gasteiger partial charge in [-0.3, -0.25) is 4.98 Å². The SMILES string of the molecule is CNC(c1ncccc1C)C1CCC(C)CC1. The fraction of sp³-hybridized carbons (Fsp3) is 0.667. The van der Waals surface area contributed by atoms with E-state index in [2.05, 4.69) is 37.3 Å². The third-order valence-electron chi connectivity index (χ3n) is 4.19. The van der Waals surface area contributed by atoms with Crippen molar-refractivity contribution in [2.45, 2.75) is 45.6 Å². The highest BCUT2D eigenvalue weighted by molar-refractivity contribution is 5.21. The number of aromatic nitrogens is 1. The van der Waals surface area contributed by atoms with Crippen molar-refractivity contribution >= 4 is 0 Å². The molecule has 0 saturated heterocycles. The van der Waals surface area contributed by atoms with Gasteiger partial charge in [-0.1, -0.05) is 25.8 Å². The van der Waals surface area contributed by atoms with Crippen LogP contribution in [-0.4, -0.2) is 12.0 Å². The minimum Gasteiger partial charge on any atom is -0.311 e. The summed E-state index contributed by atoms with van der Waals surface area (Å²) in [6.07, 6.45) is 7.33. The molecule has 0 radical (unpaired) electrons. The van der Waals surface area contributed by atoms with Gasteiger partial charge in [0.2, 0.25) is 0 Å². The summed E-state index contributed by atoms with van der Waals surface area (Å²) in [5, 5.41) is 3.48. The van der Waals surface area contributed by atoms with Crippen LogP contribution >= 0.6 is 0 Å². The summed E-state index contributed by atoms with van der Waals surface area (Å²) in [5.41, 5.74) is 2.56. The molecule has 1 aromatic rings. The third-order valence-corrected chi connectivity index (χ3v) is 4.19. The van der Waals surface area contributed by atoms with Gasteiger partial charge in [0.25, 0.3) is 0 Å². The fourth-order valence-corrected chi connectivity index (χ4v) is 3.04. The second-order valence-electron chi connectivity index (χ2n) is 5.49. The predicted octanol–water partition coefficient (Wildman–Crippen LogP) is 3.48. The van der Waals surface area contributed by atoms with Gasteiger partial charge in [0, 0.05) is 6.20 Å². The average Bonchev–Trinajstić information content (AvgIpc) is 2.35. The topological polar surface area (TPSA) is 24.9 Å². The number of pyridine rings is 1. The number of aryl methyl sites for hydroxylation is 1. The summed E-state index contributed by atoms with van der Waals surface area (Å²) in [4.78, 5) is 4.58. The molecule has 1 heterocycles. The van der Waals surface area contributed by atoms with Gasteiger partial charge in [0.05, 0.1) is 11.7 Å². The Balaban J connectivity index is 2.14. The molecule has 0 bridgehead atoms. The van der Waals surface area contributed by atoms with Crippen LogP contribution in [0.4, 0.5) is 0 Å². The lowest BCUT2D eigenvalue weighted by atomic mass is 9.78. The number of nitrogens with one attached hydrogen (secondary N) is 1. The van der Waals surface area contributed by atoms with E-state index in [4.69, 9.17) is 0 Å². The highest BCUT2D eigenvalue weighted by Crippen LogP contribution is 2.36. The maximum absolute atomic E-state index is 4.58. The Morgan fingerprint density at radius 1 is 1.29 bits per heavy atom. The van der Waals surface area contributed by atoms with Crippen molar-refractivity contribution in [2.75, 3.05) is 7.05 Å². The molecule has 2 nitrogen and oxygen atoms in total. The molecule has 2 rings (SSSR count). The number of hydrogen-bond donors (Lipinski definition) is 1. The fourth-order valence-electron chi connectivity index (χ4n) is 3.04. The second-order valence-corrected chi connectivity index (χ2v) is 5.49. The van der Waals surface area contributed by atoms with Crippen LogP contribution in [0.5, 0.6) is 0 Å². The molecule has 1 fully saturated rings. The van der Waals surface area contributed by atoms with Gasteiger partial charge in [-0.25, -0.2) is 0 Å². The van der Waals surface area contributed by atoms with Crippen LogP contribution in [0.25, 0.3) is 0 Å². The third kappa shape index (κ3) is 2.86. The summed E-state index contributed by atoms with van der Waals surface area (Å²) in [5.74, 6) is 1.67. The van der Waals surface area contributed by atoms with Crippen molar-refractivity contribution in [1.82, 2.24) is 10.3 Å². The molecule has 1 unspecified atom stereocenters. The molecular weight excluding hydrogens is 208 g/mol. The number of nitrogens with zero attached hydrogens (tertiary/aromatic N) is 1. The Hall–Kier alpha value is -0.890. The molecule has 2 heteroatoms. The van der Waals surface area contributed by atoms with Crippen LogP contribution in [0.3, 0.4) is 0 Å². The molecule has 1 atom stereocenters. The van der Waals surface area contributed by atoms with E-state index in [1.54, 1.807) is 0 Å². The highest BCUT2D eigenvalue weighted by atomic mass is 14.9. The van der Waals surface area contributed by atoms with Crippen molar-refractivity contribution in [1.29, 1.82) is 0 Å². The van der Waals surface area contributed by atoms with Crippen LogP contribution in [0.1, 0.15) is 49.9 Å². The largest absolute Gasteiger partial charge is 0.311 e. The zero-order valence-corrected chi connectivity index (χ0v) is 11.2. The van der Waals surface area contributed by atoms with E-state index in [1.807, 2.05) is 12.3 Å². The Morgan fingerprint density at radius 3 is 2.59 bits per heavy atom. The van der Waals surface area contributed by atoms with Crippen LogP contribution in [0, 0.1) is 18.8 Å². The molecule has 0 aromatic carbocycles. The number of hydrogen-bond acceptors (Lipinski definition) is 2. The van der Waals surface area contributed by atoms with Crippen LogP contribution in [0.15, 0.2) is 18.3 Å². The first-order valence-electron chi connectivity index (χ1n) is 6.81. The summed E-state index contributed by atoms with van der Waals surface area (Å²) < 4.78 is 0. The summed E-state index contributed by atoms with van der Waals surface area (Å²) in [7, 11) is 2.07. The minimum absolute atomic E-state index is 0.434. The molecule has 94 valence electrons. The first-order chi connectivity index (χ1) is 8.22. The molecule has 1 aliphatic rings. The van der Waals surface area contributed by atoms with E-state index in [0.29, 0.717) is 6.04 Å². The van der Waals surface area contributed by atoms with Crippen LogP contribution < -0.4 is 5.32 Å². The Labute approximate surface area is 105 Å². The molecule has 1 aliphatic carbocycles. The first-order valence-corrected chi connectivity index (χ1v) is 6.81. The van der Waals surface area contributed by atoms with Crippen LogP contribution in [0.2, 0.25) is 0 Å². The van der Waals surface area contributed by atoms with E-state index >= 15 is 0 Å². The van der Waals surface area contributed by atoms with Crippen molar-refractivity contribution < 1.29 is 0 Å². The molecule has 17 heavy (non-hydrogen) atoms. The zero-order valence-electron chi connectivity index (χ0n) is 11.2. The van der Waals surface area contributed by atoms with Gasteiger partial charge in [0.15, 0.2) is 0 Å². The van der Waals surface area contributed by atoms with E-state index in [1.165, 1.54) is 36.9 Å². The van der Waals surface area contributed by atoms with Crippen molar-refractivity contribution in [3.05, 3.63) is 29.6 Å². The van der Waals surface area contributed by atoms with Gasteiger partial charge >= 0.3 is 0 Å². The molecule has 0 amide bonds. The van der Waals surface area contributed by atoms with E-state index in [-0.39, 0.29) is 0 Å². The molecule has 0 spiro atoms. The van der Waals surface area contributed by atoms with E-state index in [9.17, 15) is 0 Å². The number of rotatable bonds is 3. The maximum atomic E-state index is 4.58. The Kier molecular flexibility index (Phi) is 4.16. The van der Waals surface area contributed by atoms with Gasteiger partial charge in [-0.05, 0) is 50.3 Å². The Morgan fingerprint density at radius 2 is 2.00 bits per heavy atom. The highest BCUT2D eigenvalue weighted by Gasteiger charge is 2.27. The summed E-state index contributed by atoms with van der Waals surface area (Å²) in [6.45, 7) is 4.54. The molecule has 1 aromatic heterocycles. The smallest absolute Gasteiger partial charge is 0.0604 e. The molecular formula is C15H24N2.